The van der Waals surface area contributed by atoms with E-state index in [9.17, 15) is 9.59 Å². The summed E-state index contributed by atoms with van der Waals surface area (Å²) in [6.45, 7) is 3.71. The minimum absolute atomic E-state index is 0.325. The highest BCUT2D eigenvalue weighted by Gasteiger charge is 2.24. The van der Waals surface area contributed by atoms with Crippen molar-refractivity contribution in [1.82, 2.24) is 9.69 Å². The van der Waals surface area contributed by atoms with E-state index in [0.29, 0.717) is 22.8 Å². The van der Waals surface area contributed by atoms with Crippen LogP contribution in [0.3, 0.4) is 0 Å². The molecule has 1 atom stereocenters. The van der Waals surface area contributed by atoms with Gasteiger partial charge in [-0.25, -0.2) is 4.79 Å². The summed E-state index contributed by atoms with van der Waals surface area (Å²) in [5.41, 5.74) is 0.968. The lowest BCUT2D eigenvalue weighted by Gasteiger charge is -2.13. The van der Waals surface area contributed by atoms with E-state index in [1.165, 1.54) is 11.5 Å². The number of aryl methyl sites for hydroxylation is 1. The van der Waals surface area contributed by atoms with Crippen LogP contribution in [0.1, 0.15) is 27.9 Å². The van der Waals surface area contributed by atoms with Crippen molar-refractivity contribution < 1.29 is 14.3 Å². The fourth-order valence-corrected chi connectivity index (χ4v) is 3.16. The van der Waals surface area contributed by atoms with Crippen molar-refractivity contribution in [1.29, 1.82) is 0 Å². The van der Waals surface area contributed by atoms with Gasteiger partial charge in [-0.15, -0.1) is 11.3 Å². The molecule has 2 N–H and O–H groups in total. The van der Waals surface area contributed by atoms with Crippen molar-refractivity contribution in [2.24, 2.45) is 0 Å². The number of amides is 1. The largest absolute Gasteiger partial charge is 0.449 e. The number of rotatable bonds is 6. The second-order valence-electron chi connectivity index (χ2n) is 4.57. The van der Waals surface area contributed by atoms with Crippen LogP contribution in [0.4, 0.5) is 5.00 Å². The van der Waals surface area contributed by atoms with Crippen LogP contribution in [0.15, 0.2) is 17.5 Å². The highest BCUT2D eigenvalue weighted by atomic mass is 32.1. The number of anilines is 1. The lowest BCUT2D eigenvalue weighted by molar-refractivity contribution is -0.129. The van der Waals surface area contributed by atoms with Crippen LogP contribution in [0.25, 0.3) is 0 Å². The molecule has 0 fully saturated rings. The Balaban J connectivity index is 1.92. The fourth-order valence-electron chi connectivity index (χ4n) is 1.78. The monoisotopic (exact) mass is 339 g/mol. The Labute approximate surface area is 136 Å². The van der Waals surface area contributed by atoms with Gasteiger partial charge in [-0.3, -0.25) is 4.79 Å². The molecule has 0 aliphatic heterocycles. The summed E-state index contributed by atoms with van der Waals surface area (Å²) < 4.78 is 9.34. The summed E-state index contributed by atoms with van der Waals surface area (Å²) in [5.74, 6) is -0.872. The van der Waals surface area contributed by atoms with E-state index >= 15 is 0 Å². The van der Waals surface area contributed by atoms with Crippen molar-refractivity contribution >= 4 is 39.7 Å². The number of ether oxygens (including phenoxy) is 1. The van der Waals surface area contributed by atoms with Gasteiger partial charge in [0, 0.05) is 11.9 Å². The van der Waals surface area contributed by atoms with E-state index in [1.807, 2.05) is 17.5 Å². The normalized spacial score (nSPS) is 11.8. The van der Waals surface area contributed by atoms with Gasteiger partial charge in [0.25, 0.3) is 5.91 Å². The average molecular weight is 339 g/mol. The number of aromatic nitrogens is 1. The average Bonchev–Trinajstić information content (AvgIpc) is 3.13. The van der Waals surface area contributed by atoms with E-state index in [-0.39, 0.29) is 5.91 Å². The lowest BCUT2D eigenvalue weighted by atomic mass is 10.2. The minimum Gasteiger partial charge on any atom is -0.449 e. The molecule has 0 spiro atoms. The minimum atomic E-state index is -0.864. The molecular formula is C14H17N3O3S2. The van der Waals surface area contributed by atoms with Gasteiger partial charge >= 0.3 is 5.97 Å². The molecule has 0 saturated heterocycles. The maximum Gasteiger partial charge on any atom is 0.343 e. The van der Waals surface area contributed by atoms with Gasteiger partial charge < -0.3 is 15.4 Å². The third kappa shape index (κ3) is 3.83. The number of carbonyl (C=O) groups excluding carboxylic acids is 2. The molecule has 118 valence electrons. The molecule has 2 aromatic rings. The first-order valence-electron chi connectivity index (χ1n) is 6.68. The molecule has 6 nitrogen and oxygen atoms in total. The molecule has 2 aromatic heterocycles. The highest BCUT2D eigenvalue weighted by molar-refractivity contribution is 7.10. The Kier molecular flexibility index (Phi) is 5.51. The van der Waals surface area contributed by atoms with Crippen LogP contribution in [0, 0.1) is 6.92 Å². The zero-order chi connectivity index (χ0) is 16.1. The maximum atomic E-state index is 12.2. The number of carbonyl (C=O) groups is 2. The topological polar surface area (TPSA) is 80.3 Å². The molecule has 0 unspecified atom stereocenters. The highest BCUT2D eigenvalue weighted by Crippen LogP contribution is 2.25. The molecule has 0 aromatic carbocycles. The summed E-state index contributed by atoms with van der Waals surface area (Å²) in [7, 11) is 1.71. The van der Waals surface area contributed by atoms with E-state index in [4.69, 9.17) is 4.74 Å². The van der Waals surface area contributed by atoms with Crippen molar-refractivity contribution in [3.63, 3.8) is 0 Å². The maximum absolute atomic E-state index is 12.2. The van der Waals surface area contributed by atoms with E-state index < -0.39 is 12.1 Å². The summed E-state index contributed by atoms with van der Waals surface area (Å²) in [4.78, 5) is 25.2. The van der Waals surface area contributed by atoms with Crippen molar-refractivity contribution in [3.05, 3.63) is 33.6 Å². The number of hydrogen-bond donors (Lipinski definition) is 2. The Morgan fingerprint density at radius 2 is 2.23 bits per heavy atom. The Hall–Kier alpha value is -1.93. The number of nitrogens with zero attached hydrogens (tertiary/aromatic N) is 1. The molecule has 0 aliphatic rings. The van der Waals surface area contributed by atoms with E-state index in [0.717, 1.165) is 4.88 Å². The lowest BCUT2D eigenvalue weighted by Crippen LogP contribution is -2.35. The molecule has 0 radical (unpaired) electrons. The van der Waals surface area contributed by atoms with Crippen LogP contribution in [0.2, 0.25) is 0 Å². The molecule has 1 amide bonds. The van der Waals surface area contributed by atoms with Crippen LogP contribution in [0.5, 0.6) is 0 Å². The van der Waals surface area contributed by atoms with Gasteiger partial charge in [-0.05, 0) is 36.8 Å². The van der Waals surface area contributed by atoms with Gasteiger partial charge in [0.2, 0.25) is 0 Å². The quantitative estimate of drug-likeness (QED) is 0.790. The SMILES string of the molecule is CNc1snc(C)c1C(=O)O[C@H](C)C(=O)NCc1cccs1. The van der Waals surface area contributed by atoms with Crippen molar-refractivity contribution in [2.75, 3.05) is 12.4 Å². The second kappa shape index (κ2) is 7.37. The van der Waals surface area contributed by atoms with Crippen molar-refractivity contribution in [3.8, 4) is 0 Å². The first-order valence-corrected chi connectivity index (χ1v) is 8.33. The zero-order valence-corrected chi connectivity index (χ0v) is 14.1. The number of hydrogen-bond acceptors (Lipinski definition) is 7. The molecule has 2 rings (SSSR count). The standard InChI is InChI=1S/C14H17N3O3S2/c1-8-11(13(15-3)22-17-8)14(19)20-9(2)12(18)16-7-10-5-4-6-21-10/h4-6,9,15H,7H2,1-3H3,(H,16,18)/t9-/m1/s1. The molecule has 22 heavy (non-hydrogen) atoms. The zero-order valence-electron chi connectivity index (χ0n) is 12.5. The molecule has 0 saturated carbocycles. The summed E-state index contributed by atoms with van der Waals surface area (Å²) in [5, 5.41) is 8.22. The fraction of sp³-hybridized carbons (Fsp3) is 0.357. The van der Waals surface area contributed by atoms with Gasteiger partial charge in [0.15, 0.2) is 6.10 Å². The smallest absolute Gasteiger partial charge is 0.343 e. The van der Waals surface area contributed by atoms with E-state index in [1.54, 1.807) is 32.2 Å². The van der Waals surface area contributed by atoms with Gasteiger partial charge in [-0.1, -0.05) is 6.07 Å². The molecular weight excluding hydrogens is 322 g/mol. The second-order valence-corrected chi connectivity index (χ2v) is 6.37. The van der Waals surface area contributed by atoms with E-state index in [2.05, 4.69) is 15.0 Å². The first-order chi connectivity index (χ1) is 10.5. The van der Waals surface area contributed by atoms with Crippen molar-refractivity contribution in [2.45, 2.75) is 26.5 Å². The van der Waals surface area contributed by atoms with Gasteiger partial charge in [0.05, 0.1) is 12.2 Å². The van der Waals surface area contributed by atoms with Gasteiger partial charge in [0.1, 0.15) is 10.6 Å². The third-order valence-corrected chi connectivity index (χ3v) is 4.80. The Bertz CT molecular complexity index is 652. The molecule has 0 aliphatic carbocycles. The van der Waals surface area contributed by atoms with Crippen LogP contribution in [-0.2, 0) is 16.1 Å². The first kappa shape index (κ1) is 16.4. The Morgan fingerprint density at radius 1 is 1.45 bits per heavy atom. The number of esters is 1. The Morgan fingerprint density at radius 3 is 2.86 bits per heavy atom. The number of thiophene rings is 1. The predicted molar refractivity (Wildman–Crippen MR) is 87.4 cm³/mol. The summed E-state index contributed by atoms with van der Waals surface area (Å²) in [6, 6.07) is 3.85. The number of nitrogens with one attached hydrogen (secondary N) is 2. The summed E-state index contributed by atoms with van der Waals surface area (Å²) in [6.07, 6.45) is -0.864. The van der Waals surface area contributed by atoms with Crippen LogP contribution < -0.4 is 10.6 Å². The molecule has 0 bridgehead atoms. The molecule has 8 heteroatoms. The molecule has 2 heterocycles. The predicted octanol–water partition coefficient (Wildman–Crippen LogP) is 2.42. The third-order valence-electron chi connectivity index (χ3n) is 2.96. The van der Waals surface area contributed by atoms with Crippen LogP contribution >= 0.6 is 22.9 Å². The van der Waals surface area contributed by atoms with Crippen LogP contribution in [-0.4, -0.2) is 29.4 Å². The summed E-state index contributed by atoms with van der Waals surface area (Å²) >= 11 is 2.75. The van der Waals surface area contributed by atoms with Gasteiger partial charge in [-0.2, -0.15) is 4.37 Å².